The molecule has 1 aliphatic rings. The van der Waals surface area contributed by atoms with Gasteiger partial charge in [0, 0.05) is 5.41 Å². The van der Waals surface area contributed by atoms with Crippen LogP contribution in [0, 0.1) is 0 Å². The summed E-state index contributed by atoms with van der Waals surface area (Å²) in [7, 11) is 0. The fraction of sp³-hybridized carbons (Fsp3) is 0.0612. The number of hydrogen-bond acceptors (Lipinski definition) is 0. The number of fused-ring (bicyclic) bond motifs is 8. The van der Waals surface area contributed by atoms with Crippen molar-refractivity contribution in [1.29, 1.82) is 0 Å². The third kappa shape index (κ3) is 4.24. The van der Waals surface area contributed by atoms with Crippen LogP contribution in [-0.4, -0.2) is 0 Å². The molecule has 0 saturated carbocycles. The predicted octanol–water partition coefficient (Wildman–Crippen LogP) is 13.6. The molecule has 1 aliphatic carbocycles. The minimum Gasteiger partial charge on any atom is -0.0619 e. The Morgan fingerprint density at radius 2 is 0.796 bits per heavy atom. The van der Waals surface area contributed by atoms with E-state index in [1.165, 1.54) is 98.7 Å². The number of benzene rings is 9. The summed E-state index contributed by atoms with van der Waals surface area (Å²) in [4.78, 5) is 0. The van der Waals surface area contributed by atoms with Crippen molar-refractivity contribution in [1.82, 2.24) is 0 Å². The molecule has 9 aromatic carbocycles. The average molecular weight is 623 g/mol. The maximum atomic E-state index is 2.41. The summed E-state index contributed by atoms with van der Waals surface area (Å²) in [6.07, 6.45) is 0. The summed E-state index contributed by atoms with van der Waals surface area (Å²) in [5.74, 6) is 0. The van der Waals surface area contributed by atoms with Crippen LogP contribution in [0.1, 0.15) is 25.0 Å². The van der Waals surface area contributed by atoms with Gasteiger partial charge in [-0.3, -0.25) is 0 Å². The Hall–Kier alpha value is -5.98. The van der Waals surface area contributed by atoms with Gasteiger partial charge in [-0.2, -0.15) is 0 Å². The summed E-state index contributed by atoms with van der Waals surface area (Å²) in [6, 6.07) is 63.2. The Morgan fingerprint density at radius 1 is 0.286 bits per heavy atom. The van der Waals surface area contributed by atoms with Crippen LogP contribution in [0.5, 0.6) is 0 Å². The summed E-state index contributed by atoms with van der Waals surface area (Å²) in [5, 5.41) is 10.2. The maximum absolute atomic E-state index is 2.41. The molecule has 0 atom stereocenters. The second kappa shape index (κ2) is 10.5. The smallest absolute Gasteiger partial charge is 0.0159 e. The molecule has 0 N–H and O–H groups in total. The molecule has 49 heavy (non-hydrogen) atoms. The molecular formula is C49H34. The molecule has 0 saturated heterocycles. The molecule has 0 heterocycles. The zero-order chi connectivity index (χ0) is 32.7. The SMILES string of the molecule is CC1(C)c2ccccc2-c2ccc(-c3ccc4cc(-c5ccc(-c6cc7ccccc7c7ccccc67)c6ccccc56)ccc4c3)cc21. The molecule has 9 aromatic rings. The first-order valence-corrected chi connectivity index (χ1v) is 17.3. The second-order valence-electron chi connectivity index (χ2n) is 14.1. The molecule has 0 spiro atoms. The average Bonchev–Trinajstić information content (AvgIpc) is 3.39. The first kappa shape index (κ1) is 28.1. The van der Waals surface area contributed by atoms with Crippen LogP contribution >= 0.6 is 0 Å². The highest BCUT2D eigenvalue weighted by Gasteiger charge is 2.35. The van der Waals surface area contributed by atoms with Crippen molar-refractivity contribution in [3.05, 3.63) is 181 Å². The topological polar surface area (TPSA) is 0 Å². The van der Waals surface area contributed by atoms with Crippen molar-refractivity contribution in [2.75, 3.05) is 0 Å². The van der Waals surface area contributed by atoms with Crippen LogP contribution in [0.2, 0.25) is 0 Å². The molecule has 230 valence electrons. The van der Waals surface area contributed by atoms with E-state index in [9.17, 15) is 0 Å². The van der Waals surface area contributed by atoms with E-state index in [-0.39, 0.29) is 5.41 Å². The first-order valence-electron chi connectivity index (χ1n) is 17.3. The van der Waals surface area contributed by atoms with Crippen molar-refractivity contribution in [2.45, 2.75) is 19.3 Å². The van der Waals surface area contributed by atoms with Crippen LogP contribution in [0.15, 0.2) is 170 Å². The van der Waals surface area contributed by atoms with Gasteiger partial charge < -0.3 is 0 Å². The molecule has 0 aliphatic heterocycles. The van der Waals surface area contributed by atoms with Gasteiger partial charge in [-0.15, -0.1) is 0 Å². The molecule has 0 heteroatoms. The zero-order valence-electron chi connectivity index (χ0n) is 27.7. The van der Waals surface area contributed by atoms with E-state index in [0.29, 0.717) is 0 Å². The van der Waals surface area contributed by atoms with E-state index >= 15 is 0 Å². The first-order chi connectivity index (χ1) is 24.0. The minimum absolute atomic E-state index is 0.00654. The zero-order valence-corrected chi connectivity index (χ0v) is 27.7. The molecule has 10 rings (SSSR count). The van der Waals surface area contributed by atoms with Gasteiger partial charge >= 0.3 is 0 Å². The number of rotatable bonds is 3. The Bertz CT molecular complexity index is 2800. The molecular weight excluding hydrogens is 589 g/mol. The van der Waals surface area contributed by atoms with Gasteiger partial charge in [-0.25, -0.2) is 0 Å². The second-order valence-corrected chi connectivity index (χ2v) is 14.1. The lowest BCUT2D eigenvalue weighted by atomic mass is 9.81. The van der Waals surface area contributed by atoms with Crippen LogP contribution < -0.4 is 0 Å². The molecule has 0 fully saturated rings. The largest absolute Gasteiger partial charge is 0.0619 e. The Morgan fingerprint density at radius 3 is 1.59 bits per heavy atom. The minimum atomic E-state index is -0.00654. The molecule has 0 amide bonds. The third-order valence-corrected chi connectivity index (χ3v) is 11.1. The van der Waals surface area contributed by atoms with Crippen molar-refractivity contribution in [2.24, 2.45) is 0 Å². The molecule has 0 unspecified atom stereocenters. The summed E-state index contributed by atoms with van der Waals surface area (Å²) in [5.41, 5.74) is 13.1. The molecule has 0 nitrogen and oxygen atoms in total. The van der Waals surface area contributed by atoms with E-state index in [0.717, 1.165) is 0 Å². The van der Waals surface area contributed by atoms with E-state index in [1.807, 2.05) is 0 Å². The van der Waals surface area contributed by atoms with Gasteiger partial charge in [0.05, 0.1) is 0 Å². The molecule has 0 radical (unpaired) electrons. The van der Waals surface area contributed by atoms with Crippen molar-refractivity contribution < 1.29 is 0 Å². The summed E-state index contributed by atoms with van der Waals surface area (Å²) in [6.45, 7) is 4.70. The fourth-order valence-electron chi connectivity index (χ4n) is 8.54. The van der Waals surface area contributed by atoms with E-state index in [2.05, 4.69) is 184 Å². The quantitative estimate of drug-likeness (QED) is 0.172. The monoisotopic (exact) mass is 622 g/mol. The van der Waals surface area contributed by atoms with Crippen molar-refractivity contribution in [3.63, 3.8) is 0 Å². The van der Waals surface area contributed by atoms with Crippen molar-refractivity contribution >= 4 is 43.1 Å². The van der Waals surface area contributed by atoms with Crippen LogP contribution in [0.25, 0.3) is 87.6 Å². The van der Waals surface area contributed by atoms with Crippen LogP contribution in [0.4, 0.5) is 0 Å². The highest BCUT2D eigenvalue weighted by atomic mass is 14.4. The normalized spacial score (nSPS) is 13.3. The highest BCUT2D eigenvalue weighted by molar-refractivity contribution is 6.17. The predicted molar refractivity (Wildman–Crippen MR) is 210 cm³/mol. The Kier molecular flexibility index (Phi) is 6.02. The lowest BCUT2D eigenvalue weighted by molar-refractivity contribution is 0.660. The van der Waals surface area contributed by atoms with Crippen molar-refractivity contribution in [3.8, 4) is 44.5 Å². The Balaban J connectivity index is 1.06. The summed E-state index contributed by atoms with van der Waals surface area (Å²) < 4.78 is 0. The van der Waals surface area contributed by atoms with Crippen LogP contribution in [-0.2, 0) is 5.41 Å². The Labute approximate surface area is 286 Å². The van der Waals surface area contributed by atoms with E-state index < -0.39 is 0 Å². The highest BCUT2D eigenvalue weighted by Crippen LogP contribution is 2.49. The van der Waals surface area contributed by atoms with Crippen LogP contribution in [0.3, 0.4) is 0 Å². The van der Waals surface area contributed by atoms with Gasteiger partial charge in [-0.05, 0) is 123 Å². The van der Waals surface area contributed by atoms with Gasteiger partial charge in [0.2, 0.25) is 0 Å². The van der Waals surface area contributed by atoms with Gasteiger partial charge in [0.1, 0.15) is 0 Å². The molecule has 0 bridgehead atoms. The lowest BCUT2D eigenvalue weighted by Gasteiger charge is -2.22. The standard InChI is InChI=1S/C49H34/c1-49(2)47-18-10-9-17-44(47)45-24-23-34(30-48(45)49)32-19-20-33-28-36(22-21-31(33)27-32)38-25-26-43(41-15-7-5-14-40(38)41)46-29-35-11-3-4-12-37(35)39-13-6-8-16-42(39)46/h3-30H,1-2H3. The van der Waals surface area contributed by atoms with Gasteiger partial charge in [0.25, 0.3) is 0 Å². The summed E-state index contributed by atoms with van der Waals surface area (Å²) >= 11 is 0. The van der Waals surface area contributed by atoms with Gasteiger partial charge in [0.15, 0.2) is 0 Å². The third-order valence-electron chi connectivity index (χ3n) is 11.1. The number of hydrogen-bond donors (Lipinski definition) is 0. The van der Waals surface area contributed by atoms with E-state index in [4.69, 9.17) is 0 Å². The van der Waals surface area contributed by atoms with Gasteiger partial charge in [-0.1, -0.05) is 159 Å². The molecule has 0 aromatic heterocycles. The van der Waals surface area contributed by atoms with E-state index in [1.54, 1.807) is 0 Å². The maximum Gasteiger partial charge on any atom is 0.0159 e. The lowest BCUT2D eigenvalue weighted by Crippen LogP contribution is -2.14. The fourth-order valence-corrected chi connectivity index (χ4v) is 8.54.